The molecule has 1 heterocycles. The molecular formula is C13H10ClFN2O2S. The van der Waals surface area contributed by atoms with E-state index in [0.29, 0.717) is 22.2 Å². The van der Waals surface area contributed by atoms with Crippen molar-refractivity contribution in [1.29, 1.82) is 0 Å². The monoisotopic (exact) mass is 312 g/mol. The van der Waals surface area contributed by atoms with Gasteiger partial charge in [-0.05, 0) is 41.8 Å². The van der Waals surface area contributed by atoms with Gasteiger partial charge in [-0.2, -0.15) is 0 Å². The molecule has 2 rings (SSSR count). The van der Waals surface area contributed by atoms with Gasteiger partial charge >= 0.3 is 5.97 Å². The van der Waals surface area contributed by atoms with Gasteiger partial charge < -0.3 is 5.11 Å². The van der Waals surface area contributed by atoms with Crippen LogP contribution in [-0.2, 0) is 6.54 Å². The molecule has 1 aromatic heterocycles. The molecule has 0 atom stereocenters. The number of pyridine rings is 1. The first-order chi connectivity index (χ1) is 9.58. The first-order valence-corrected chi connectivity index (χ1v) is 6.79. The van der Waals surface area contributed by atoms with Gasteiger partial charge in [0, 0.05) is 17.8 Å². The molecule has 4 nitrogen and oxygen atoms in total. The molecule has 0 unspecified atom stereocenters. The van der Waals surface area contributed by atoms with Gasteiger partial charge in [0.1, 0.15) is 10.8 Å². The summed E-state index contributed by atoms with van der Waals surface area (Å²) in [7, 11) is 0. The van der Waals surface area contributed by atoms with Crippen molar-refractivity contribution in [2.75, 3.05) is 0 Å². The quantitative estimate of drug-likeness (QED) is 0.829. The van der Waals surface area contributed by atoms with Crippen LogP contribution < -0.4 is 4.72 Å². The van der Waals surface area contributed by atoms with Gasteiger partial charge in [-0.15, -0.1) is 0 Å². The number of aromatic nitrogens is 1. The number of carboxylic acids is 1. The van der Waals surface area contributed by atoms with Crippen molar-refractivity contribution < 1.29 is 14.3 Å². The van der Waals surface area contributed by atoms with Crippen molar-refractivity contribution >= 4 is 29.5 Å². The number of benzene rings is 1. The van der Waals surface area contributed by atoms with Crippen molar-refractivity contribution in [3.63, 3.8) is 0 Å². The van der Waals surface area contributed by atoms with Gasteiger partial charge in [-0.3, -0.25) is 4.72 Å². The van der Waals surface area contributed by atoms with Crippen LogP contribution in [-0.4, -0.2) is 16.1 Å². The minimum absolute atomic E-state index is 0.121. The fourth-order valence-corrected chi connectivity index (χ4v) is 2.46. The summed E-state index contributed by atoms with van der Waals surface area (Å²) >= 11 is 6.98. The Labute approximate surface area is 124 Å². The highest BCUT2D eigenvalue weighted by Crippen LogP contribution is 2.20. The third-order valence-electron chi connectivity index (χ3n) is 2.45. The Bertz CT molecular complexity index is 640. The number of carbonyl (C=O) groups is 1. The van der Waals surface area contributed by atoms with E-state index < -0.39 is 11.8 Å². The topological polar surface area (TPSA) is 62.2 Å². The second-order valence-corrected chi connectivity index (χ2v) is 5.11. The largest absolute Gasteiger partial charge is 0.478 e. The van der Waals surface area contributed by atoms with Crippen LogP contribution in [0.4, 0.5) is 4.39 Å². The number of nitrogens with one attached hydrogen (secondary N) is 1. The van der Waals surface area contributed by atoms with E-state index in [-0.39, 0.29) is 5.56 Å². The van der Waals surface area contributed by atoms with Crippen molar-refractivity contribution in [1.82, 2.24) is 9.71 Å². The van der Waals surface area contributed by atoms with Gasteiger partial charge in [-0.25, -0.2) is 14.2 Å². The van der Waals surface area contributed by atoms with Crippen molar-refractivity contribution in [2.45, 2.75) is 11.6 Å². The van der Waals surface area contributed by atoms with Crippen LogP contribution in [0.2, 0.25) is 5.02 Å². The molecule has 0 spiro atoms. The van der Waals surface area contributed by atoms with Gasteiger partial charge in [0.15, 0.2) is 0 Å². The predicted molar refractivity (Wildman–Crippen MR) is 75.3 cm³/mol. The third-order valence-corrected chi connectivity index (χ3v) is 3.61. The summed E-state index contributed by atoms with van der Waals surface area (Å²) in [5.41, 5.74) is 0.837. The van der Waals surface area contributed by atoms with Gasteiger partial charge in [0.05, 0.1) is 5.56 Å². The highest BCUT2D eigenvalue weighted by Gasteiger charge is 2.11. The second-order valence-electron chi connectivity index (χ2n) is 3.82. The zero-order valence-corrected chi connectivity index (χ0v) is 11.7. The van der Waals surface area contributed by atoms with Gasteiger partial charge in [0.25, 0.3) is 0 Å². The number of nitrogens with zero attached hydrogens (tertiary/aromatic N) is 1. The van der Waals surface area contributed by atoms with Crippen LogP contribution in [0.3, 0.4) is 0 Å². The van der Waals surface area contributed by atoms with E-state index in [9.17, 15) is 9.18 Å². The summed E-state index contributed by atoms with van der Waals surface area (Å²) in [4.78, 5) is 15.0. The molecule has 0 bridgehead atoms. The molecule has 0 saturated heterocycles. The van der Waals surface area contributed by atoms with Crippen LogP contribution in [0.25, 0.3) is 0 Å². The molecule has 0 aliphatic carbocycles. The Morgan fingerprint density at radius 2 is 2.25 bits per heavy atom. The lowest BCUT2D eigenvalue weighted by molar-refractivity contribution is 0.0692. The Morgan fingerprint density at radius 3 is 2.95 bits per heavy atom. The third kappa shape index (κ3) is 3.69. The van der Waals surface area contributed by atoms with Crippen molar-refractivity contribution in [3.05, 3.63) is 58.5 Å². The standard InChI is InChI=1S/C13H10ClFN2O2S/c14-11-6-9(15)4-3-8(11)7-17-20-12-10(13(18)19)2-1-5-16-12/h1-6,17H,7H2,(H,18,19). The van der Waals surface area contributed by atoms with Crippen molar-refractivity contribution in [3.8, 4) is 0 Å². The Morgan fingerprint density at radius 1 is 1.45 bits per heavy atom. The molecule has 20 heavy (non-hydrogen) atoms. The number of aromatic carboxylic acids is 1. The maximum atomic E-state index is 12.9. The normalized spacial score (nSPS) is 10.5. The van der Waals surface area contributed by atoms with Crippen LogP contribution in [0.15, 0.2) is 41.6 Å². The maximum Gasteiger partial charge on any atom is 0.338 e. The number of carboxylic acid groups (broad SMARTS) is 1. The Kier molecular flexibility index (Phi) is 4.94. The Hall–Kier alpha value is -1.63. The van der Waals surface area contributed by atoms with E-state index in [1.54, 1.807) is 12.1 Å². The zero-order valence-electron chi connectivity index (χ0n) is 10.1. The van der Waals surface area contributed by atoms with E-state index in [1.165, 1.54) is 24.4 Å². The lowest BCUT2D eigenvalue weighted by Crippen LogP contribution is -2.07. The molecule has 7 heteroatoms. The molecule has 0 aliphatic heterocycles. The van der Waals surface area contributed by atoms with Gasteiger partial charge in [0.2, 0.25) is 0 Å². The van der Waals surface area contributed by atoms with Crippen LogP contribution in [0, 0.1) is 5.82 Å². The molecule has 0 amide bonds. The zero-order chi connectivity index (χ0) is 14.5. The molecule has 0 radical (unpaired) electrons. The smallest absolute Gasteiger partial charge is 0.338 e. The average Bonchev–Trinajstić information content (AvgIpc) is 2.41. The van der Waals surface area contributed by atoms with E-state index in [2.05, 4.69) is 9.71 Å². The summed E-state index contributed by atoms with van der Waals surface area (Å²) in [5.74, 6) is -1.44. The maximum absolute atomic E-state index is 12.9. The molecule has 0 aliphatic rings. The van der Waals surface area contributed by atoms with E-state index in [1.807, 2.05) is 0 Å². The minimum atomic E-state index is -1.04. The molecule has 104 valence electrons. The Balaban J connectivity index is 2.01. The molecule has 0 saturated carbocycles. The van der Waals surface area contributed by atoms with E-state index in [4.69, 9.17) is 16.7 Å². The first-order valence-electron chi connectivity index (χ1n) is 5.60. The van der Waals surface area contributed by atoms with Crippen LogP contribution in [0.1, 0.15) is 15.9 Å². The average molecular weight is 313 g/mol. The number of hydrogen-bond donors (Lipinski definition) is 2. The van der Waals surface area contributed by atoms with Gasteiger partial charge in [-0.1, -0.05) is 17.7 Å². The lowest BCUT2D eigenvalue weighted by atomic mass is 10.2. The van der Waals surface area contributed by atoms with Crippen LogP contribution >= 0.6 is 23.5 Å². The minimum Gasteiger partial charge on any atom is -0.478 e. The van der Waals surface area contributed by atoms with Crippen molar-refractivity contribution in [2.24, 2.45) is 0 Å². The molecule has 2 N–H and O–H groups in total. The summed E-state index contributed by atoms with van der Waals surface area (Å²) < 4.78 is 15.8. The van der Waals surface area contributed by atoms with Crippen LogP contribution in [0.5, 0.6) is 0 Å². The number of rotatable bonds is 5. The summed E-state index contributed by atoms with van der Waals surface area (Å²) in [5, 5.41) is 9.69. The van der Waals surface area contributed by atoms with E-state index >= 15 is 0 Å². The summed E-state index contributed by atoms with van der Waals surface area (Å²) in [6, 6.07) is 7.15. The first kappa shape index (κ1) is 14.8. The lowest BCUT2D eigenvalue weighted by Gasteiger charge is -2.07. The highest BCUT2D eigenvalue weighted by molar-refractivity contribution is 7.97. The number of halogens is 2. The predicted octanol–water partition coefficient (Wildman–Crippen LogP) is 3.37. The second kappa shape index (κ2) is 6.69. The summed E-state index contributed by atoms with van der Waals surface area (Å²) in [6.07, 6.45) is 1.52. The molecule has 2 aromatic rings. The fraction of sp³-hybridized carbons (Fsp3) is 0.0769. The van der Waals surface area contributed by atoms with E-state index in [0.717, 1.165) is 11.9 Å². The number of hydrogen-bond acceptors (Lipinski definition) is 4. The molecule has 0 fully saturated rings. The summed E-state index contributed by atoms with van der Waals surface area (Å²) in [6.45, 7) is 0.361. The fourth-order valence-electron chi connectivity index (χ4n) is 1.48. The molecular weight excluding hydrogens is 303 g/mol. The highest BCUT2D eigenvalue weighted by atomic mass is 35.5. The molecule has 1 aromatic carbocycles. The SMILES string of the molecule is O=C(O)c1cccnc1SNCc1ccc(F)cc1Cl.